The molecule has 5 unspecified atom stereocenters. The van der Waals surface area contributed by atoms with Gasteiger partial charge < -0.3 is 104 Å². The Bertz CT molecular complexity index is 6010. The van der Waals surface area contributed by atoms with Crippen molar-refractivity contribution in [2.24, 2.45) is 47.3 Å². The van der Waals surface area contributed by atoms with Crippen LogP contribution in [0.3, 0.4) is 0 Å². The van der Waals surface area contributed by atoms with Crippen LogP contribution in [0.5, 0.6) is 11.5 Å². The Labute approximate surface area is 778 Å². The predicted molar refractivity (Wildman–Crippen MR) is 502 cm³/mol. The summed E-state index contributed by atoms with van der Waals surface area (Å²) in [6.45, 7) is 29.0. The molecular weight excluding hydrogens is 1720 g/mol. The quantitative estimate of drug-likeness (QED) is 0.0254. The molecule has 10 aromatic rings. The molecule has 6 aliphatic heterocycles. The molecule has 16 rings (SSSR count). The number of imidazole rings is 4. The smallest absolute Gasteiger partial charge is 0.410 e. The van der Waals surface area contributed by atoms with Crippen LogP contribution in [0.4, 0.5) is 24.0 Å². The van der Waals surface area contributed by atoms with Gasteiger partial charge in [0.1, 0.15) is 77.8 Å². The lowest BCUT2D eigenvalue weighted by Gasteiger charge is -2.30. The Kier molecular flexibility index (Phi) is 29.8. The summed E-state index contributed by atoms with van der Waals surface area (Å²) in [5, 5.41) is 23.0. The van der Waals surface area contributed by atoms with Crippen molar-refractivity contribution < 1.29 is 90.9 Å². The van der Waals surface area contributed by atoms with E-state index in [4.69, 9.17) is 62.9 Å². The number of H-pyrrole nitrogens is 4. The zero-order chi connectivity index (χ0) is 96.2. The SMILES string of the molecule is CCC(C)[C@H](NC(=O)OC)C(=O)N1C[C@@H](C)CC1c1ncc(-c2ccc3c(c2)COc2cc4c(ccc5[nH]c([C@@H]6C[C@H](COC)CN6C(=O)OC(C)(C)C)nc54)cc2-3)[nH]1.CCC(C)[C@H](NC(=O)OC)C(=O)N1C[C@@H](C)CC1c1ncc(-c2ccc3c(c2)COc2cc4c(ccc5[nH]c([C@@H]6C[C@H](COC)CN6C(=O)[C@@H](NC(=O)OC)C(C)C)nc54)cc2-3)[nH]1.COC(=O)NC(C(=O)O)C(C)C. The summed E-state index contributed by atoms with van der Waals surface area (Å²) in [5.41, 5.74) is 12.6. The molecule has 4 fully saturated rings. The van der Waals surface area contributed by atoms with E-state index in [2.05, 4.69) is 133 Å². The number of ether oxygens (including phenoxy) is 9. The molecule has 134 heavy (non-hydrogen) atoms. The van der Waals surface area contributed by atoms with Crippen LogP contribution in [-0.2, 0) is 65.5 Å². The number of hydrogen-bond acceptors (Lipinski definition) is 22. The molecule has 0 spiro atoms. The average Bonchev–Trinajstić information content (AvgIpc) is 1.43. The molecule has 9 N–H and O–H groups in total. The minimum atomic E-state index is -1.06. The number of carboxylic acids is 1. The highest BCUT2D eigenvalue weighted by molar-refractivity contribution is 6.08. The van der Waals surface area contributed by atoms with Crippen molar-refractivity contribution in [2.45, 2.75) is 196 Å². The summed E-state index contributed by atoms with van der Waals surface area (Å²) in [6.07, 6.45) is 5.01. The van der Waals surface area contributed by atoms with Gasteiger partial charge in [-0.15, -0.1) is 0 Å². The van der Waals surface area contributed by atoms with Crippen molar-refractivity contribution in [3.05, 3.63) is 132 Å². The molecular formula is C99H126N16O19. The average molecular weight is 1840 g/mol. The van der Waals surface area contributed by atoms with Crippen molar-refractivity contribution >= 4 is 97.8 Å². The first-order valence-corrected chi connectivity index (χ1v) is 46.1. The van der Waals surface area contributed by atoms with Gasteiger partial charge in [0.2, 0.25) is 17.7 Å². The highest BCUT2D eigenvalue weighted by Crippen LogP contribution is 2.48. The van der Waals surface area contributed by atoms with Gasteiger partial charge in [0.25, 0.3) is 0 Å². The largest absolute Gasteiger partial charge is 0.488 e. The molecule has 0 saturated carbocycles. The number of aliphatic carboxylic acids is 1. The molecule has 0 bridgehead atoms. The third-order valence-corrected chi connectivity index (χ3v) is 26.5. The van der Waals surface area contributed by atoms with Gasteiger partial charge in [-0.1, -0.05) is 118 Å². The number of carbonyl (C=O) groups excluding carboxylic acids is 8. The number of rotatable bonds is 24. The molecule has 35 heteroatoms. The number of aromatic amines is 4. The molecule has 10 heterocycles. The van der Waals surface area contributed by atoms with E-state index in [1.165, 1.54) is 28.4 Å². The number of nitrogens with zero attached hydrogens (tertiary/aromatic N) is 8. The van der Waals surface area contributed by atoms with Gasteiger partial charge >= 0.3 is 36.4 Å². The number of carboxylic acid groups (broad SMARTS) is 1. The van der Waals surface area contributed by atoms with E-state index in [0.29, 0.717) is 70.7 Å². The number of methoxy groups -OCH3 is 6. The minimum Gasteiger partial charge on any atom is -0.488 e. The van der Waals surface area contributed by atoms with Crippen molar-refractivity contribution in [3.8, 4) is 56.3 Å². The number of nitrogens with one attached hydrogen (secondary N) is 8. The van der Waals surface area contributed by atoms with Gasteiger partial charge in [-0.25, -0.2) is 48.7 Å². The van der Waals surface area contributed by atoms with Gasteiger partial charge in [0.15, 0.2) is 0 Å². The Balaban J connectivity index is 0.000000192. The fraction of sp³-hybridized carbons (Fsp3) is 0.505. The second kappa shape index (κ2) is 41.2. The van der Waals surface area contributed by atoms with Crippen LogP contribution in [0.1, 0.15) is 187 Å². The highest BCUT2D eigenvalue weighted by Gasteiger charge is 2.46. The molecule has 4 saturated heterocycles. The second-order valence-electron chi connectivity index (χ2n) is 38.0. The van der Waals surface area contributed by atoms with E-state index < -0.39 is 60.1 Å². The van der Waals surface area contributed by atoms with Gasteiger partial charge in [0.05, 0.1) is 112 Å². The van der Waals surface area contributed by atoms with Gasteiger partial charge in [-0.3, -0.25) is 19.3 Å². The van der Waals surface area contributed by atoms with Crippen LogP contribution in [-0.4, -0.2) is 231 Å². The van der Waals surface area contributed by atoms with E-state index >= 15 is 0 Å². The Morgan fingerprint density at radius 2 is 0.843 bits per heavy atom. The first-order valence-electron chi connectivity index (χ1n) is 46.1. The number of carbonyl (C=O) groups is 9. The maximum atomic E-state index is 14.1. The highest BCUT2D eigenvalue weighted by atomic mass is 16.6. The fourth-order valence-corrected chi connectivity index (χ4v) is 19.2. The summed E-state index contributed by atoms with van der Waals surface area (Å²) >= 11 is 0. The number of alkyl carbamates (subject to hydrolysis) is 4. The van der Waals surface area contributed by atoms with E-state index in [9.17, 15) is 43.2 Å². The number of hydrogen-bond donors (Lipinski definition) is 9. The van der Waals surface area contributed by atoms with Gasteiger partial charge in [-0.05, 0) is 175 Å². The third kappa shape index (κ3) is 20.8. The van der Waals surface area contributed by atoms with Crippen LogP contribution in [0.15, 0.2) is 97.3 Å². The third-order valence-electron chi connectivity index (χ3n) is 26.5. The molecule has 6 aromatic carbocycles. The maximum Gasteiger partial charge on any atom is 0.410 e. The first kappa shape index (κ1) is 97.0. The van der Waals surface area contributed by atoms with Crippen LogP contribution in [0, 0.1) is 47.3 Å². The predicted octanol–water partition coefficient (Wildman–Crippen LogP) is 16.0. The van der Waals surface area contributed by atoms with Crippen molar-refractivity contribution in [3.63, 3.8) is 0 Å². The van der Waals surface area contributed by atoms with Crippen molar-refractivity contribution in [1.82, 2.24) is 80.7 Å². The minimum absolute atomic E-state index is 0.0690. The van der Waals surface area contributed by atoms with Gasteiger partial charge in [-0.2, -0.15) is 0 Å². The zero-order valence-corrected chi connectivity index (χ0v) is 79.7. The van der Waals surface area contributed by atoms with E-state index in [0.717, 1.165) is 155 Å². The van der Waals surface area contributed by atoms with Crippen LogP contribution in [0.25, 0.3) is 88.4 Å². The summed E-state index contributed by atoms with van der Waals surface area (Å²) in [5.74, 6) is 3.17. The summed E-state index contributed by atoms with van der Waals surface area (Å²) in [4.78, 5) is 154. The Hall–Kier alpha value is -13.1. The number of aromatic nitrogens is 8. The normalized spacial score (nSPS) is 20.2. The van der Waals surface area contributed by atoms with E-state index in [-0.39, 0.29) is 95.3 Å². The lowest BCUT2D eigenvalue weighted by molar-refractivity contribution is -0.140. The molecule has 6 aliphatic rings. The molecule has 716 valence electrons. The number of fused-ring (bicyclic) bond motifs is 12. The lowest BCUT2D eigenvalue weighted by atomic mass is 9.92. The number of amides is 8. The van der Waals surface area contributed by atoms with Crippen LogP contribution in [0.2, 0.25) is 0 Å². The summed E-state index contributed by atoms with van der Waals surface area (Å²) in [7, 11) is 8.42. The molecule has 14 atom stereocenters. The number of benzene rings is 6. The topological polar surface area (TPSA) is 433 Å². The van der Waals surface area contributed by atoms with Crippen LogP contribution < -0.4 is 30.7 Å². The lowest BCUT2D eigenvalue weighted by Crippen LogP contribution is -2.51. The van der Waals surface area contributed by atoms with E-state index in [1.807, 2.05) is 102 Å². The van der Waals surface area contributed by atoms with E-state index in [1.54, 1.807) is 33.0 Å². The fourth-order valence-electron chi connectivity index (χ4n) is 19.2. The summed E-state index contributed by atoms with van der Waals surface area (Å²) < 4.78 is 48.5. The first-order chi connectivity index (χ1) is 64.0. The monoisotopic (exact) mass is 1840 g/mol. The van der Waals surface area contributed by atoms with Crippen molar-refractivity contribution in [1.29, 1.82) is 0 Å². The molecule has 4 aromatic heterocycles. The Morgan fingerprint density at radius 3 is 1.23 bits per heavy atom. The second-order valence-corrected chi connectivity index (χ2v) is 38.0. The Morgan fingerprint density at radius 1 is 0.463 bits per heavy atom. The standard InChI is InChI=1S/C47H58N8O8.C45H55N7O7.C7H13NO4/c1-9-26(5)40(53-47(59)62-8)45(57)54-20-25(4)14-36(54)42-48-19-35(50-42)29-10-12-31-30(16-29)23-63-38-18-32-28(17-33(31)38)11-13-34-41(32)51-43(49-34)37-15-27(22-60-6)21-55(37)44(56)39(24(2)3)52-46(58)61-7;1-9-25(3)38(50-43(54)57-8)42(53)51-20-24(2)14-35(51)40-46-19-34(48-40)28-10-12-30-29(16-28)23-58-37-18-31-27(17-32(30)37)11-13-33-39(31)49-41(47-33)36-15-26(22-56-7)21-52(36)44(55)59-45(4,5)6;1-4(2)5(6(9)10)8-7(11)12-3/h10-13,16-19,24-27,36-37,39-40H,9,14-15,20-23H2,1-8H3,(H,48,50)(H,49,51)(H,52,58)(H,53,59);10-13,16-19,24-26,35-36,38H,9,14-15,20-23H2,1-8H3,(H,46,48)(H,47,49)(H,50,54);4-5H,1-3H3,(H,8,11)(H,9,10)/t25-,26?,27-,36?,37-,39-,40-;24-,25?,26-,35?,36-,38-;/m00./s1. The molecule has 0 radical (unpaired) electrons. The molecule has 0 aliphatic carbocycles. The van der Waals surface area contributed by atoms with Crippen molar-refractivity contribution in [2.75, 3.05) is 82.1 Å². The van der Waals surface area contributed by atoms with Crippen LogP contribution >= 0.6 is 0 Å². The zero-order valence-electron chi connectivity index (χ0n) is 79.7. The molecule has 35 nitrogen and oxygen atoms in total. The molecule has 8 amide bonds. The maximum absolute atomic E-state index is 14.1. The number of likely N-dealkylation sites (tertiary alicyclic amines) is 4. The summed E-state index contributed by atoms with van der Waals surface area (Å²) in [6, 6.07) is 25.2. The van der Waals surface area contributed by atoms with Gasteiger partial charge in [0, 0.05) is 74.1 Å².